The smallest absolute Gasteiger partial charge is 0.308 e. The van der Waals surface area contributed by atoms with Gasteiger partial charge in [-0.25, -0.2) is 0 Å². The van der Waals surface area contributed by atoms with Crippen LogP contribution >= 0.6 is 0 Å². The maximum Gasteiger partial charge on any atom is 0.308 e. The molecule has 0 aromatic carbocycles. The van der Waals surface area contributed by atoms with Gasteiger partial charge in [0.15, 0.2) is 0 Å². The molecule has 5 nitrogen and oxygen atoms in total. The van der Waals surface area contributed by atoms with Gasteiger partial charge >= 0.3 is 5.97 Å². The van der Waals surface area contributed by atoms with Crippen LogP contribution in [0.5, 0.6) is 0 Å². The maximum absolute atomic E-state index is 11.7. The average Bonchev–Trinajstić information content (AvgIpc) is 2.90. The van der Waals surface area contributed by atoms with Crippen molar-refractivity contribution in [3.05, 3.63) is 18.0 Å². The Balaban J connectivity index is 1.77. The highest BCUT2D eigenvalue weighted by atomic mass is 16.5. The molecule has 2 rings (SSSR count). The molecule has 2 atom stereocenters. The molecule has 1 aliphatic rings. The van der Waals surface area contributed by atoms with E-state index in [4.69, 9.17) is 4.74 Å². The second-order valence-corrected chi connectivity index (χ2v) is 4.80. The first-order chi connectivity index (χ1) is 8.79. The highest BCUT2D eigenvalue weighted by Crippen LogP contribution is 2.25. The molecule has 1 heterocycles. The van der Waals surface area contributed by atoms with Gasteiger partial charge in [-0.15, -0.1) is 0 Å². The molecule has 1 aromatic heterocycles. The number of H-pyrrole nitrogens is 1. The third-order valence-corrected chi connectivity index (χ3v) is 3.44. The average molecular weight is 251 g/mol. The molecule has 0 aliphatic heterocycles. The van der Waals surface area contributed by atoms with Gasteiger partial charge in [0.2, 0.25) is 0 Å². The summed E-state index contributed by atoms with van der Waals surface area (Å²) >= 11 is 0. The van der Waals surface area contributed by atoms with Crippen molar-refractivity contribution in [2.75, 3.05) is 6.61 Å². The maximum atomic E-state index is 11.7. The summed E-state index contributed by atoms with van der Waals surface area (Å²) in [5.41, 5.74) is 1.15. The van der Waals surface area contributed by atoms with Crippen LogP contribution in [-0.4, -0.2) is 28.8 Å². The minimum absolute atomic E-state index is 0.0349. The number of rotatable bonds is 5. The van der Waals surface area contributed by atoms with Crippen LogP contribution in [0.15, 0.2) is 12.4 Å². The van der Waals surface area contributed by atoms with Gasteiger partial charge < -0.3 is 10.1 Å². The fourth-order valence-electron chi connectivity index (χ4n) is 2.49. The molecule has 0 saturated heterocycles. The first kappa shape index (κ1) is 13.1. The predicted molar refractivity (Wildman–Crippen MR) is 67.8 cm³/mol. The normalized spacial score (nSPS) is 23.8. The van der Waals surface area contributed by atoms with Gasteiger partial charge in [0.05, 0.1) is 18.7 Å². The van der Waals surface area contributed by atoms with Gasteiger partial charge in [0.1, 0.15) is 0 Å². The Morgan fingerprint density at radius 1 is 1.61 bits per heavy atom. The van der Waals surface area contributed by atoms with Gasteiger partial charge in [0, 0.05) is 24.3 Å². The van der Waals surface area contributed by atoms with Crippen LogP contribution in [0.3, 0.4) is 0 Å². The standard InChI is InChI=1S/C13H21N3O2/c1-2-18-13(17)11-4-3-5-12(6-11)14-7-10-8-15-16-9-10/h8-9,11-12,14H,2-7H2,1H3,(H,15,16). The lowest BCUT2D eigenvalue weighted by Gasteiger charge is -2.28. The zero-order chi connectivity index (χ0) is 12.8. The number of carbonyl (C=O) groups is 1. The number of hydrogen-bond acceptors (Lipinski definition) is 4. The molecule has 100 valence electrons. The molecule has 0 amide bonds. The van der Waals surface area contributed by atoms with Crippen molar-refractivity contribution in [1.82, 2.24) is 15.5 Å². The van der Waals surface area contributed by atoms with Crippen molar-refractivity contribution in [2.45, 2.75) is 45.2 Å². The number of hydrogen-bond donors (Lipinski definition) is 2. The van der Waals surface area contributed by atoms with Crippen molar-refractivity contribution in [2.24, 2.45) is 5.92 Å². The van der Waals surface area contributed by atoms with Gasteiger partial charge in [-0.1, -0.05) is 6.42 Å². The Kier molecular flexibility index (Phi) is 4.75. The van der Waals surface area contributed by atoms with Crippen molar-refractivity contribution in [3.63, 3.8) is 0 Å². The van der Waals surface area contributed by atoms with Crippen molar-refractivity contribution in [3.8, 4) is 0 Å². The zero-order valence-electron chi connectivity index (χ0n) is 10.8. The number of nitrogens with one attached hydrogen (secondary N) is 2. The minimum Gasteiger partial charge on any atom is -0.466 e. The lowest BCUT2D eigenvalue weighted by molar-refractivity contribution is -0.149. The molecule has 18 heavy (non-hydrogen) atoms. The molecular weight excluding hydrogens is 230 g/mol. The van der Waals surface area contributed by atoms with E-state index >= 15 is 0 Å². The molecular formula is C13H21N3O2. The zero-order valence-corrected chi connectivity index (χ0v) is 10.8. The van der Waals surface area contributed by atoms with Crippen molar-refractivity contribution >= 4 is 5.97 Å². The van der Waals surface area contributed by atoms with Crippen molar-refractivity contribution < 1.29 is 9.53 Å². The molecule has 2 unspecified atom stereocenters. The molecule has 0 spiro atoms. The molecule has 1 aliphatic carbocycles. The monoisotopic (exact) mass is 251 g/mol. The number of nitrogens with zero attached hydrogens (tertiary/aromatic N) is 1. The lowest BCUT2D eigenvalue weighted by atomic mass is 9.85. The summed E-state index contributed by atoms with van der Waals surface area (Å²) in [6, 6.07) is 0.406. The Hall–Kier alpha value is -1.36. The first-order valence-electron chi connectivity index (χ1n) is 6.67. The van der Waals surface area contributed by atoms with E-state index in [1.807, 2.05) is 19.3 Å². The number of ether oxygens (including phenoxy) is 1. The number of aromatic nitrogens is 2. The van der Waals surface area contributed by atoms with Crippen LogP contribution in [0.4, 0.5) is 0 Å². The SMILES string of the molecule is CCOC(=O)C1CCCC(NCc2cn[nH]c2)C1. The molecule has 0 bridgehead atoms. The van der Waals surface area contributed by atoms with Gasteiger partial charge in [0.25, 0.3) is 0 Å². The Morgan fingerprint density at radius 3 is 3.22 bits per heavy atom. The molecule has 1 fully saturated rings. The van der Waals surface area contributed by atoms with E-state index in [-0.39, 0.29) is 11.9 Å². The fraction of sp³-hybridized carbons (Fsp3) is 0.692. The van der Waals surface area contributed by atoms with E-state index in [1.165, 1.54) is 0 Å². The van der Waals surface area contributed by atoms with Crippen LogP contribution in [0.25, 0.3) is 0 Å². The second-order valence-electron chi connectivity index (χ2n) is 4.80. The van der Waals surface area contributed by atoms with Crippen LogP contribution in [0.2, 0.25) is 0 Å². The topological polar surface area (TPSA) is 67.0 Å². The van der Waals surface area contributed by atoms with Gasteiger partial charge in [-0.3, -0.25) is 9.89 Å². The van der Waals surface area contributed by atoms with Crippen LogP contribution < -0.4 is 5.32 Å². The quantitative estimate of drug-likeness (QED) is 0.780. The molecule has 2 N–H and O–H groups in total. The minimum atomic E-state index is -0.0349. The van der Waals surface area contributed by atoms with E-state index in [0.717, 1.165) is 37.8 Å². The molecule has 1 aromatic rings. The van der Waals surface area contributed by atoms with E-state index in [2.05, 4.69) is 15.5 Å². The molecule has 5 heteroatoms. The summed E-state index contributed by atoms with van der Waals surface area (Å²) in [4.78, 5) is 11.7. The van der Waals surface area contributed by atoms with Crippen LogP contribution in [0, 0.1) is 5.92 Å². The molecule has 0 radical (unpaired) electrons. The van der Waals surface area contributed by atoms with Crippen molar-refractivity contribution in [1.29, 1.82) is 0 Å². The van der Waals surface area contributed by atoms with E-state index in [1.54, 1.807) is 0 Å². The van der Waals surface area contributed by atoms with E-state index < -0.39 is 0 Å². The summed E-state index contributed by atoms with van der Waals surface area (Å²) < 4.78 is 5.10. The second kappa shape index (κ2) is 6.54. The summed E-state index contributed by atoms with van der Waals surface area (Å²) in [5.74, 6) is 0.0351. The highest BCUT2D eigenvalue weighted by Gasteiger charge is 2.27. The summed E-state index contributed by atoms with van der Waals surface area (Å²) in [6.07, 6.45) is 7.77. The Bertz CT molecular complexity index is 364. The van der Waals surface area contributed by atoms with Gasteiger partial charge in [-0.2, -0.15) is 5.10 Å². The summed E-state index contributed by atoms with van der Waals surface area (Å²) in [7, 11) is 0. The predicted octanol–water partition coefficient (Wildman–Crippen LogP) is 1.62. The largest absolute Gasteiger partial charge is 0.466 e. The van der Waals surface area contributed by atoms with E-state index in [0.29, 0.717) is 12.6 Å². The Morgan fingerprint density at radius 2 is 2.50 bits per heavy atom. The Labute approximate surface area is 107 Å². The lowest BCUT2D eigenvalue weighted by Crippen LogP contribution is -2.36. The number of carbonyl (C=O) groups excluding carboxylic acids is 1. The van der Waals surface area contributed by atoms with Crippen LogP contribution in [0.1, 0.15) is 38.2 Å². The highest BCUT2D eigenvalue weighted by molar-refractivity contribution is 5.72. The summed E-state index contributed by atoms with van der Waals surface area (Å²) in [6.45, 7) is 3.13. The van der Waals surface area contributed by atoms with Gasteiger partial charge in [-0.05, 0) is 26.2 Å². The third-order valence-electron chi connectivity index (χ3n) is 3.44. The summed E-state index contributed by atoms with van der Waals surface area (Å²) in [5, 5.41) is 10.2. The van der Waals surface area contributed by atoms with Crippen LogP contribution in [-0.2, 0) is 16.1 Å². The fourth-order valence-corrected chi connectivity index (χ4v) is 2.49. The number of aromatic amines is 1. The van der Waals surface area contributed by atoms with E-state index in [9.17, 15) is 4.79 Å². The third kappa shape index (κ3) is 3.57. The first-order valence-corrected chi connectivity index (χ1v) is 6.67. The molecule has 1 saturated carbocycles. The number of esters is 1.